The van der Waals surface area contributed by atoms with Crippen molar-refractivity contribution in [1.82, 2.24) is 0 Å². The second kappa shape index (κ2) is 6.24. The lowest BCUT2D eigenvalue weighted by Gasteiger charge is -2.23. The lowest BCUT2D eigenvalue weighted by Crippen LogP contribution is -2.14. The summed E-state index contributed by atoms with van der Waals surface area (Å²) in [4.78, 5) is 13.5. The highest BCUT2D eigenvalue weighted by molar-refractivity contribution is 7.81. The predicted molar refractivity (Wildman–Crippen MR) is 105 cm³/mol. The first-order valence-electron chi connectivity index (χ1n) is 8.08. The van der Waals surface area contributed by atoms with Crippen LogP contribution in [0.1, 0.15) is 32.6 Å². The van der Waals surface area contributed by atoms with E-state index in [0.29, 0.717) is 5.56 Å². The molecule has 0 saturated carbocycles. The Morgan fingerprint density at radius 2 is 1.31 bits per heavy atom. The maximum absolute atomic E-state index is 12.8. The number of rotatable bonds is 2. The van der Waals surface area contributed by atoms with Crippen LogP contribution in [0.4, 0.5) is 0 Å². The topological polar surface area (TPSA) is 57.5 Å². The van der Waals surface area contributed by atoms with Crippen molar-refractivity contribution in [3.63, 3.8) is 0 Å². The Morgan fingerprint density at radius 3 is 1.85 bits per heavy atom. The molecule has 0 heterocycles. The number of carbonyl (C=O) groups is 1. The summed E-state index contributed by atoms with van der Waals surface area (Å²) >= 11 is 5.63. The molecule has 0 amide bonds. The zero-order valence-electron chi connectivity index (χ0n) is 13.6. The van der Waals surface area contributed by atoms with Gasteiger partial charge in [0.25, 0.3) is 0 Å². The third-order valence-electron chi connectivity index (χ3n) is 4.46. The largest absolute Gasteiger partial charge is 0.504 e. The smallest absolute Gasteiger partial charge is 0.186 e. The molecule has 0 saturated heterocycles. The quantitative estimate of drug-likeness (QED) is 0.240. The van der Waals surface area contributed by atoms with Crippen LogP contribution in [0.15, 0.2) is 72.8 Å². The Morgan fingerprint density at radius 1 is 0.769 bits per heavy atom. The number of thiocarbonyl (C=S) groups is 1. The molecule has 3 aromatic rings. The second-order valence-electron chi connectivity index (χ2n) is 6.05. The minimum atomic E-state index is -0.320. The van der Waals surface area contributed by atoms with Gasteiger partial charge in [0.15, 0.2) is 17.3 Å². The molecule has 1 aliphatic rings. The fraction of sp³-hybridized carbons (Fsp3) is 0. The number of allylic oxidation sites excluding steroid dienone is 1. The van der Waals surface area contributed by atoms with Gasteiger partial charge in [-0.3, -0.25) is 4.79 Å². The Bertz CT molecular complexity index is 1040. The molecule has 0 aromatic heterocycles. The van der Waals surface area contributed by atoms with Gasteiger partial charge in [0.2, 0.25) is 0 Å². The van der Waals surface area contributed by atoms with Gasteiger partial charge in [-0.25, -0.2) is 0 Å². The van der Waals surface area contributed by atoms with E-state index < -0.39 is 0 Å². The van der Waals surface area contributed by atoms with Crippen molar-refractivity contribution in [2.24, 2.45) is 0 Å². The van der Waals surface area contributed by atoms with Crippen molar-refractivity contribution < 1.29 is 15.0 Å². The number of phenols is 2. The number of hydrogen-bond acceptors (Lipinski definition) is 4. The molecule has 0 aliphatic heterocycles. The molecule has 0 spiro atoms. The highest BCUT2D eigenvalue weighted by Crippen LogP contribution is 2.36. The fourth-order valence-electron chi connectivity index (χ4n) is 3.17. The molecule has 126 valence electrons. The fourth-order valence-corrected chi connectivity index (χ4v) is 3.52. The van der Waals surface area contributed by atoms with E-state index in [-0.39, 0.29) is 17.3 Å². The van der Waals surface area contributed by atoms with E-state index in [9.17, 15) is 15.0 Å². The molecule has 4 heteroatoms. The zero-order chi connectivity index (χ0) is 18.3. The van der Waals surface area contributed by atoms with Crippen LogP contribution in [0.2, 0.25) is 0 Å². The molecule has 0 bridgehead atoms. The number of hydrogen-bond donors (Lipinski definition) is 2. The van der Waals surface area contributed by atoms with E-state index >= 15 is 0 Å². The van der Waals surface area contributed by atoms with E-state index in [2.05, 4.69) is 0 Å². The van der Waals surface area contributed by atoms with Gasteiger partial charge in [-0.05, 0) is 41.0 Å². The summed E-state index contributed by atoms with van der Waals surface area (Å²) in [5, 5.41) is 19.1. The number of benzene rings is 3. The highest BCUT2D eigenvalue weighted by atomic mass is 32.1. The van der Waals surface area contributed by atoms with Crippen LogP contribution >= 0.6 is 12.2 Å². The SMILES string of the molecule is O=C(C=C1c2ccccc2C(=S)c2ccccc21)c1ccc(O)c(O)c1. The standard InChI is InChI=1S/C22H14O3S/c23-19-10-9-13(11-21(19)25)20(24)12-18-14-5-1-3-7-16(14)22(26)17-8-4-2-6-15(17)18/h1-12,23,25H. The van der Waals surface area contributed by atoms with Crippen molar-refractivity contribution in [2.45, 2.75) is 0 Å². The summed E-state index contributed by atoms with van der Waals surface area (Å²) in [5.41, 5.74) is 4.76. The molecule has 3 nitrogen and oxygen atoms in total. The van der Waals surface area contributed by atoms with E-state index in [1.807, 2.05) is 48.5 Å². The van der Waals surface area contributed by atoms with Gasteiger partial charge in [-0.1, -0.05) is 60.7 Å². The first kappa shape index (κ1) is 16.2. The molecule has 3 aromatic carbocycles. The van der Waals surface area contributed by atoms with E-state index in [1.54, 1.807) is 6.08 Å². The van der Waals surface area contributed by atoms with E-state index in [1.165, 1.54) is 18.2 Å². The van der Waals surface area contributed by atoms with Crippen molar-refractivity contribution in [3.8, 4) is 11.5 Å². The average molecular weight is 358 g/mol. The van der Waals surface area contributed by atoms with Crippen LogP contribution in [0.5, 0.6) is 11.5 Å². The third kappa shape index (κ3) is 2.61. The van der Waals surface area contributed by atoms with Gasteiger partial charge < -0.3 is 10.2 Å². The number of carbonyl (C=O) groups excluding carboxylic acids is 1. The molecule has 1 aliphatic carbocycles. The summed E-state index contributed by atoms with van der Waals surface area (Å²) in [5.74, 6) is -0.833. The molecule has 26 heavy (non-hydrogen) atoms. The van der Waals surface area contributed by atoms with Gasteiger partial charge in [0.05, 0.1) is 4.86 Å². The van der Waals surface area contributed by atoms with Crippen molar-refractivity contribution in [2.75, 3.05) is 0 Å². The first-order valence-corrected chi connectivity index (χ1v) is 8.48. The van der Waals surface area contributed by atoms with Crippen LogP contribution in [0, 0.1) is 0 Å². The van der Waals surface area contributed by atoms with Crippen molar-refractivity contribution in [3.05, 3.63) is 101 Å². The average Bonchev–Trinajstić information content (AvgIpc) is 2.67. The summed E-state index contributed by atoms with van der Waals surface area (Å²) in [6, 6.07) is 19.6. The van der Waals surface area contributed by atoms with Gasteiger partial charge >= 0.3 is 0 Å². The number of phenolic OH excluding ortho intramolecular Hbond substituents is 2. The Balaban J connectivity index is 1.89. The van der Waals surface area contributed by atoms with Gasteiger partial charge in [-0.15, -0.1) is 0 Å². The zero-order valence-corrected chi connectivity index (χ0v) is 14.5. The second-order valence-corrected chi connectivity index (χ2v) is 6.45. The lowest BCUT2D eigenvalue weighted by molar-refractivity contribution is 0.104. The molecular weight excluding hydrogens is 344 g/mol. The van der Waals surface area contributed by atoms with Crippen LogP contribution < -0.4 is 0 Å². The van der Waals surface area contributed by atoms with Crippen molar-refractivity contribution >= 4 is 28.4 Å². The van der Waals surface area contributed by atoms with Crippen LogP contribution in [0.3, 0.4) is 0 Å². The molecule has 0 atom stereocenters. The van der Waals surface area contributed by atoms with Gasteiger partial charge in [0.1, 0.15) is 0 Å². The summed E-state index contributed by atoms with van der Waals surface area (Å²) < 4.78 is 0. The number of fused-ring (bicyclic) bond motifs is 2. The summed E-state index contributed by atoms with van der Waals surface area (Å²) in [6.07, 6.45) is 1.56. The molecular formula is C22H14O3S. The number of ketones is 1. The molecule has 0 unspecified atom stereocenters. The Kier molecular flexibility index (Phi) is 3.90. The number of aromatic hydroxyl groups is 2. The minimum Gasteiger partial charge on any atom is -0.504 e. The Labute approximate surface area is 155 Å². The highest BCUT2D eigenvalue weighted by Gasteiger charge is 2.24. The molecule has 2 N–H and O–H groups in total. The minimum absolute atomic E-state index is 0.257. The van der Waals surface area contributed by atoms with Gasteiger partial charge in [0, 0.05) is 16.7 Å². The van der Waals surface area contributed by atoms with Crippen LogP contribution in [-0.4, -0.2) is 20.9 Å². The third-order valence-corrected chi connectivity index (χ3v) is 4.90. The predicted octanol–water partition coefficient (Wildman–Crippen LogP) is 4.49. The van der Waals surface area contributed by atoms with Crippen LogP contribution in [0.25, 0.3) is 5.57 Å². The normalized spacial score (nSPS) is 12.3. The maximum Gasteiger partial charge on any atom is 0.186 e. The lowest BCUT2D eigenvalue weighted by atomic mass is 9.81. The molecule has 4 rings (SSSR count). The monoisotopic (exact) mass is 358 g/mol. The molecule has 0 fully saturated rings. The van der Waals surface area contributed by atoms with Gasteiger partial charge in [-0.2, -0.15) is 0 Å². The van der Waals surface area contributed by atoms with Crippen molar-refractivity contribution in [1.29, 1.82) is 0 Å². The summed E-state index contributed by atoms with van der Waals surface area (Å²) in [7, 11) is 0. The molecule has 0 radical (unpaired) electrons. The maximum atomic E-state index is 12.8. The Hall–Kier alpha value is -3.24. The summed E-state index contributed by atoms with van der Waals surface area (Å²) in [6.45, 7) is 0. The van der Waals surface area contributed by atoms with E-state index in [0.717, 1.165) is 32.7 Å². The van der Waals surface area contributed by atoms with Crippen LogP contribution in [-0.2, 0) is 0 Å². The first-order chi connectivity index (χ1) is 12.6. The van der Waals surface area contributed by atoms with E-state index in [4.69, 9.17) is 12.2 Å².